The van der Waals surface area contributed by atoms with Crippen LogP contribution in [0.5, 0.6) is 5.75 Å². The Labute approximate surface area is 132 Å². The van der Waals surface area contributed by atoms with Crippen LogP contribution in [0, 0.1) is 0 Å². The summed E-state index contributed by atoms with van der Waals surface area (Å²) < 4.78 is 7.24. The Balaban J connectivity index is 1.67. The van der Waals surface area contributed by atoms with Crippen LogP contribution >= 0.6 is 27.3 Å². The molecule has 0 fully saturated rings. The van der Waals surface area contributed by atoms with Crippen molar-refractivity contribution < 1.29 is 4.74 Å². The van der Waals surface area contributed by atoms with E-state index in [0.717, 1.165) is 18.7 Å². The highest BCUT2D eigenvalue weighted by molar-refractivity contribution is 9.11. The molecule has 0 saturated heterocycles. The van der Waals surface area contributed by atoms with Crippen LogP contribution in [-0.2, 0) is 6.42 Å². The van der Waals surface area contributed by atoms with Crippen molar-refractivity contribution in [2.75, 3.05) is 6.54 Å². The van der Waals surface area contributed by atoms with E-state index in [0.29, 0.717) is 0 Å². The first-order valence-electron chi connectivity index (χ1n) is 6.82. The van der Waals surface area contributed by atoms with E-state index in [-0.39, 0.29) is 11.6 Å². The molecule has 2 heterocycles. The molecule has 1 atom stereocenters. The summed E-state index contributed by atoms with van der Waals surface area (Å²) in [5.74, 6) is 1.01. The van der Waals surface area contributed by atoms with Crippen LogP contribution < -0.4 is 10.1 Å². The quantitative estimate of drug-likeness (QED) is 0.871. The second-order valence-electron chi connectivity index (χ2n) is 5.59. The summed E-state index contributed by atoms with van der Waals surface area (Å²) in [4.78, 5) is 1.40. The summed E-state index contributed by atoms with van der Waals surface area (Å²) in [6.07, 6.45) is 1.05. The molecule has 106 valence electrons. The van der Waals surface area contributed by atoms with Gasteiger partial charge in [-0.1, -0.05) is 18.2 Å². The molecule has 0 amide bonds. The predicted molar refractivity (Wildman–Crippen MR) is 87.6 cm³/mol. The molecule has 1 aromatic carbocycles. The fourth-order valence-corrected chi connectivity index (χ4v) is 4.19. The lowest BCUT2D eigenvalue weighted by atomic mass is 9.94. The Kier molecular flexibility index (Phi) is 3.89. The molecule has 1 N–H and O–H groups in total. The Morgan fingerprint density at radius 2 is 2.05 bits per heavy atom. The molecule has 1 aliphatic heterocycles. The zero-order valence-corrected chi connectivity index (χ0v) is 14.1. The van der Waals surface area contributed by atoms with Crippen LogP contribution in [0.4, 0.5) is 0 Å². The van der Waals surface area contributed by atoms with Crippen molar-refractivity contribution in [3.8, 4) is 5.75 Å². The fourth-order valence-electron chi connectivity index (χ4n) is 2.71. The molecule has 0 spiro atoms. The number of ether oxygens (including phenoxy) is 1. The van der Waals surface area contributed by atoms with Gasteiger partial charge in [0.2, 0.25) is 0 Å². The summed E-state index contributed by atoms with van der Waals surface area (Å²) in [7, 11) is 0. The highest BCUT2D eigenvalue weighted by Crippen LogP contribution is 2.42. The molecule has 20 heavy (non-hydrogen) atoms. The number of nitrogens with one attached hydrogen (secondary N) is 1. The maximum absolute atomic E-state index is 6.05. The van der Waals surface area contributed by atoms with E-state index in [1.165, 1.54) is 14.2 Å². The SMILES string of the molecule is CC1(C)Oc2ccccc2C1NCCc1ccc(Br)s1. The van der Waals surface area contributed by atoms with Gasteiger partial charge in [0.15, 0.2) is 0 Å². The first-order valence-corrected chi connectivity index (χ1v) is 8.43. The van der Waals surface area contributed by atoms with Crippen molar-refractivity contribution in [3.63, 3.8) is 0 Å². The highest BCUT2D eigenvalue weighted by atomic mass is 79.9. The van der Waals surface area contributed by atoms with E-state index < -0.39 is 0 Å². The number of halogens is 1. The second kappa shape index (κ2) is 5.51. The molecule has 0 saturated carbocycles. The van der Waals surface area contributed by atoms with Gasteiger partial charge in [-0.25, -0.2) is 0 Å². The van der Waals surface area contributed by atoms with Crippen LogP contribution in [0.15, 0.2) is 40.2 Å². The summed E-state index contributed by atoms with van der Waals surface area (Å²) in [6, 6.07) is 12.9. The summed E-state index contributed by atoms with van der Waals surface area (Å²) in [5.41, 5.74) is 1.07. The molecule has 1 aliphatic rings. The number of benzene rings is 1. The number of fused-ring (bicyclic) bond motifs is 1. The maximum Gasteiger partial charge on any atom is 0.125 e. The number of thiophene rings is 1. The highest BCUT2D eigenvalue weighted by Gasteiger charge is 2.40. The average Bonchev–Trinajstić information content (AvgIpc) is 2.91. The Morgan fingerprint density at radius 3 is 2.80 bits per heavy atom. The number of para-hydroxylation sites is 1. The molecule has 0 radical (unpaired) electrons. The molecule has 2 aromatic rings. The van der Waals surface area contributed by atoms with Crippen molar-refractivity contribution in [2.45, 2.75) is 31.9 Å². The lowest BCUT2D eigenvalue weighted by molar-refractivity contribution is 0.0968. The monoisotopic (exact) mass is 351 g/mol. The van der Waals surface area contributed by atoms with Crippen LogP contribution in [0.1, 0.15) is 30.3 Å². The van der Waals surface area contributed by atoms with E-state index in [9.17, 15) is 0 Å². The molecule has 2 nitrogen and oxygen atoms in total. The standard InChI is InChI=1S/C16H18BrNOS/c1-16(2)15(12-5-3-4-6-13(12)19-16)18-10-9-11-7-8-14(17)20-11/h3-8,15,18H,9-10H2,1-2H3. The number of rotatable bonds is 4. The molecule has 0 bridgehead atoms. The normalized spacial score (nSPS) is 19.6. The minimum Gasteiger partial charge on any atom is -0.486 e. The number of hydrogen-bond acceptors (Lipinski definition) is 3. The topological polar surface area (TPSA) is 21.3 Å². The van der Waals surface area contributed by atoms with Crippen molar-refractivity contribution in [2.24, 2.45) is 0 Å². The maximum atomic E-state index is 6.05. The first-order chi connectivity index (χ1) is 9.56. The van der Waals surface area contributed by atoms with Gasteiger partial charge in [0.1, 0.15) is 11.4 Å². The van der Waals surface area contributed by atoms with Gasteiger partial charge in [-0.3, -0.25) is 0 Å². The first kappa shape index (κ1) is 14.1. The van der Waals surface area contributed by atoms with Crippen molar-refractivity contribution in [1.82, 2.24) is 5.32 Å². The van der Waals surface area contributed by atoms with Gasteiger partial charge in [-0.05, 0) is 54.4 Å². The van der Waals surface area contributed by atoms with Crippen LogP contribution in [0.2, 0.25) is 0 Å². The minimum atomic E-state index is -0.195. The van der Waals surface area contributed by atoms with E-state index in [1.54, 1.807) is 11.3 Å². The van der Waals surface area contributed by atoms with E-state index >= 15 is 0 Å². The van der Waals surface area contributed by atoms with Crippen LogP contribution in [-0.4, -0.2) is 12.1 Å². The third-order valence-corrected chi connectivity index (χ3v) is 5.33. The lowest BCUT2D eigenvalue weighted by Crippen LogP contribution is -2.39. The van der Waals surface area contributed by atoms with E-state index in [1.807, 2.05) is 6.07 Å². The van der Waals surface area contributed by atoms with Gasteiger partial charge < -0.3 is 10.1 Å². The zero-order chi connectivity index (χ0) is 14.2. The predicted octanol–water partition coefficient (Wildman–Crippen LogP) is 4.56. The largest absolute Gasteiger partial charge is 0.486 e. The summed E-state index contributed by atoms with van der Waals surface area (Å²) in [5, 5.41) is 3.65. The van der Waals surface area contributed by atoms with Gasteiger partial charge in [-0.2, -0.15) is 0 Å². The van der Waals surface area contributed by atoms with Crippen molar-refractivity contribution in [3.05, 3.63) is 50.6 Å². The Hall–Kier alpha value is -0.840. The van der Waals surface area contributed by atoms with Crippen molar-refractivity contribution in [1.29, 1.82) is 0 Å². The molecule has 3 rings (SSSR count). The summed E-state index contributed by atoms with van der Waals surface area (Å²) >= 11 is 5.31. The molecule has 0 aliphatic carbocycles. The van der Waals surface area contributed by atoms with Gasteiger partial charge in [0, 0.05) is 17.0 Å². The average molecular weight is 352 g/mol. The summed E-state index contributed by atoms with van der Waals surface area (Å²) in [6.45, 7) is 5.25. The fraction of sp³-hybridized carbons (Fsp3) is 0.375. The van der Waals surface area contributed by atoms with E-state index in [4.69, 9.17) is 4.74 Å². The Morgan fingerprint density at radius 1 is 1.25 bits per heavy atom. The number of hydrogen-bond donors (Lipinski definition) is 1. The van der Waals surface area contributed by atoms with Gasteiger partial charge >= 0.3 is 0 Å². The Bertz CT molecular complexity index is 608. The molecule has 1 unspecified atom stereocenters. The van der Waals surface area contributed by atoms with Crippen molar-refractivity contribution >= 4 is 27.3 Å². The third-order valence-electron chi connectivity index (χ3n) is 3.65. The molecular formula is C16H18BrNOS. The van der Waals surface area contributed by atoms with Crippen LogP contribution in [0.3, 0.4) is 0 Å². The lowest BCUT2D eigenvalue weighted by Gasteiger charge is -2.27. The zero-order valence-electron chi connectivity index (χ0n) is 11.7. The molecule has 4 heteroatoms. The minimum absolute atomic E-state index is 0.195. The smallest absolute Gasteiger partial charge is 0.125 e. The molecular weight excluding hydrogens is 334 g/mol. The van der Waals surface area contributed by atoms with E-state index in [2.05, 4.69) is 65.4 Å². The molecule has 1 aromatic heterocycles. The van der Waals surface area contributed by atoms with Gasteiger partial charge in [0.05, 0.1) is 9.83 Å². The van der Waals surface area contributed by atoms with Gasteiger partial charge in [0.25, 0.3) is 0 Å². The van der Waals surface area contributed by atoms with Gasteiger partial charge in [-0.15, -0.1) is 11.3 Å². The van der Waals surface area contributed by atoms with Crippen LogP contribution in [0.25, 0.3) is 0 Å². The third kappa shape index (κ3) is 2.78. The second-order valence-corrected chi connectivity index (χ2v) is 8.13.